The zero-order valence-electron chi connectivity index (χ0n) is 22.5. The second-order valence-electron chi connectivity index (χ2n) is 8.74. The fourth-order valence-corrected chi connectivity index (χ4v) is 4.96. The molecule has 0 spiro atoms. The Morgan fingerprint density at radius 1 is 0.825 bits per heavy atom. The lowest BCUT2D eigenvalue weighted by molar-refractivity contribution is 0.0695. The van der Waals surface area contributed by atoms with E-state index in [1.54, 1.807) is 42.5 Å². The molecule has 0 saturated heterocycles. The van der Waals surface area contributed by atoms with E-state index in [0.717, 1.165) is 0 Å². The molecule has 0 saturated carbocycles. The van der Waals surface area contributed by atoms with Crippen molar-refractivity contribution < 1.29 is 43.1 Å². The minimum Gasteiger partial charge on any atom is -0.493 e. The minimum atomic E-state index is -1.40. The van der Waals surface area contributed by atoms with Crippen LogP contribution in [0.4, 0.5) is 0 Å². The molecule has 11 nitrogen and oxygen atoms in total. The normalized spacial score (nSPS) is 11.8. The Bertz CT molecular complexity index is 1670. The summed E-state index contributed by atoms with van der Waals surface area (Å²) < 4.78 is 40.0. The topological polar surface area (TPSA) is 124 Å². The van der Waals surface area contributed by atoms with E-state index in [-0.39, 0.29) is 24.7 Å². The average Bonchev–Trinajstić information content (AvgIpc) is 3.44. The van der Waals surface area contributed by atoms with Crippen LogP contribution >= 0.6 is 0 Å². The second-order valence-corrected chi connectivity index (χ2v) is 8.74. The highest BCUT2D eigenvalue weighted by Gasteiger charge is 2.28. The summed E-state index contributed by atoms with van der Waals surface area (Å²) in [7, 11) is 7.40. The largest absolute Gasteiger partial charge is 0.493 e. The molecule has 11 heteroatoms. The monoisotopic (exact) mass is 549 g/mol. The first-order chi connectivity index (χ1) is 19.4. The van der Waals surface area contributed by atoms with Gasteiger partial charge in [0, 0.05) is 5.56 Å². The Labute approximate surface area is 228 Å². The molecule has 0 radical (unpaired) electrons. The lowest BCUT2D eigenvalue weighted by atomic mass is 9.94. The van der Waals surface area contributed by atoms with E-state index in [2.05, 4.69) is 0 Å². The summed E-state index contributed by atoms with van der Waals surface area (Å²) >= 11 is 0. The fraction of sp³-hybridized carbons (Fsp3) is 0.241. The fourth-order valence-electron chi connectivity index (χ4n) is 4.96. The predicted octanol–water partition coefficient (Wildman–Crippen LogP) is 4.19. The number of aromatic nitrogens is 1. The smallest absolute Gasteiger partial charge is 0.342 e. The van der Waals surface area contributed by atoms with Gasteiger partial charge >= 0.3 is 5.97 Å². The maximum Gasteiger partial charge on any atom is 0.342 e. The van der Waals surface area contributed by atoms with Gasteiger partial charge in [0.15, 0.2) is 34.5 Å². The van der Waals surface area contributed by atoms with E-state index in [4.69, 9.17) is 33.2 Å². The molecule has 0 amide bonds. The number of fused-ring (bicyclic) bond motifs is 2. The van der Waals surface area contributed by atoms with Crippen molar-refractivity contribution in [2.75, 3.05) is 42.3 Å². The Balaban J connectivity index is 1.86. The molecule has 0 bridgehead atoms. The van der Waals surface area contributed by atoms with Crippen LogP contribution in [-0.2, 0) is 6.54 Å². The van der Waals surface area contributed by atoms with E-state index in [9.17, 15) is 14.7 Å². The minimum absolute atomic E-state index is 0.0107. The first-order valence-electron chi connectivity index (χ1n) is 12.1. The Hall–Kier alpha value is -5.06. The summed E-state index contributed by atoms with van der Waals surface area (Å²) in [5.41, 5.74) is 0.492. The molecule has 1 aliphatic heterocycles. The predicted molar refractivity (Wildman–Crippen MR) is 145 cm³/mol. The standard InChI is InChI=1S/C29H27NO10/c1-34-19-9-7-17-24(27(19)38-5)23(16-6-8-18-20(12-16)40-14-39-18)25(29(32)33)28(31)30(17)13-15-10-21(35-2)26(37-4)22(11-15)36-3/h6-12H,13-14H2,1-5H3,(H,32,33). The highest BCUT2D eigenvalue weighted by atomic mass is 16.7. The van der Waals surface area contributed by atoms with Crippen LogP contribution in [0.2, 0.25) is 0 Å². The van der Waals surface area contributed by atoms with Gasteiger partial charge in [-0.3, -0.25) is 4.79 Å². The third-order valence-corrected chi connectivity index (χ3v) is 6.71. The van der Waals surface area contributed by atoms with E-state index >= 15 is 0 Å². The second kappa shape index (κ2) is 10.6. The number of rotatable bonds is 9. The van der Waals surface area contributed by atoms with Crippen LogP contribution in [0.15, 0.2) is 47.3 Å². The summed E-state index contributed by atoms with van der Waals surface area (Å²) in [4.78, 5) is 26.7. The van der Waals surface area contributed by atoms with Gasteiger partial charge < -0.3 is 42.8 Å². The molecule has 40 heavy (non-hydrogen) atoms. The van der Waals surface area contributed by atoms with Gasteiger partial charge in [0.1, 0.15) is 5.56 Å². The Morgan fingerprint density at radius 3 is 2.08 bits per heavy atom. The molecular weight excluding hydrogens is 522 g/mol. The van der Waals surface area contributed by atoms with Gasteiger partial charge in [-0.25, -0.2) is 4.79 Å². The lowest BCUT2D eigenvalue weighted by Crippen LogP contribution is -2.28. The van der Waals surface area contributed by atoms with Gasteiger partial charge in [-0.05, 0) is 47.5 Å². The molecule has 3 aromatic carbocycles. The number of hydrogen-bond acceptors (Lipinski definition) is 9. The van der Waals surface area contributed by atoms with Crippen molar-refractivity contribution in [3.8, 4) is 51.4 Å². The van der Waals surface area contributed by atoms with Gasteiger partial charge in [-0.1, -0.05) is 6.07 Å². The van der Waals surface area contributed by atoms with Gasteiger partial charge in [0.25, 0.3) is 5.56 Å². The molecule has 1 N–H and O–H groups in total. The molecule has 0 atom stereocenters. The van der Waals surface area contributed by atoms with E-state index < -0.39 is 17.1 Å². The number of hydrogen-bond donors (Lipinski definition) is 1. The number of carboxylic acids is 1. The molecule has 0 aliphatic carbocycles. The van der Waals surface area contributed by atoms with Crippen LogP contribution in [0.5, 0.6) is 40.2 Å². The van der Waals surface area contributed by atoms with Crippen molar-refractivity contribution in [3.63, 3.8) is 0 Å². The molecule has 4 aromatic rings. The molecule has 0 fully saturated rings. The summed E-state index contributed by atoms with van der Waals surface area (Å²) in [5.74, 6) is 1.37. The first-order valence-corrected chi connectivity index (χ1v) is 12.1. The van der Waals surface area contributed by atoms with E-state index in [1.807, 2.05) is 0 Å². The van der Waals surface area contributed by atoms with Crippen LogP contribution in [-0.4, -0.2) is 58.0 Å². The quantitative estimate of drug-likeness (QED) is 0.325. The van der Waals surface area contributed by atoms with Crippen molar-refractivity contribution in [1.29, 1.82) is 0 Å². The summed E-state index contributed by atoms with van der Waals surface area (Å²) in [6.45, 7) is 0.0298. The van der Waals surface area contributed by atoms with Crippen LogP contribution < -0.4 is 38.7 Å². The van der Waals surface area contributed by atoms with Gasteiger partial charge in [-0.2, -0.15) is 0 Å². The Kier molecular flexibility index (Phi) is 7.03. The number of carbonyl (C=O) groups is 1. The van der Waals surface area contributed by atoms with Crippen LogP contribution in [0.1, 0.15) is 15.9 Å². The molecule has 1 aromatic heterocycles. The number of nitrogens with zero attached hydrogens (tertiary/aromatic N) is 1. The molecule has 5 rings (SSSR count). The molecule has 1 aliphatic rings. The maximum absolute atomic E-state index is 14.0. The molecule has 208 valence electrons. The zero-order chi connectivity index (χ0) is 28.6. The summed E-state index contributed by atoms with van der Waals surface area (Å²) in [6, 6.07) is 11.7. The number of methoxy groups -OCH3 is 5. The number of carboxylic acid groups (broad SMARTS) is 1. The molecule has 2 heterocycles. The number of aromatic carboxylic acids is 1. The van der Waals surface area contributed by atoms with Gasteiger partial charge in [0.05, 0.1) is 53.0 Å². The van der Waals surface area contributed by atoms with Crippen LogP contribution in [0, 0.1) is 0 Å². The number of ether oxygens (including phenoxy) is 7. The first kappa shape index (κ1) is 26.5. The van der Waals surface area contributed by atoms with Crippen molar-refractivity contribution >= 4 is 16.9 Å². The SMILES string of the molecule is COc1cc(Cn2c(=O)c(C(=O)O)c(-c3ccc4c(c3)OCO4)c3c(OC)c(OC)ccc32)cc(OC)c1OC. The third kappa shape index (κ3) is 4.25. The molecule has 0 unspecified atom stereocenters. The summed E-state index contributed by atoms with van der Waals surface area (Å²) in [5, 5.41) is 10.8. The van der Waals surface area contributed by atoms with E-state index in [1.165, 1.54) is 40.1 Å². The van der Waals surface area contributed by atoms with Crippen molar-refractivity contribution in [2.45, 2.75) is 6.54 Å². The van der Waals surface area contributed by atoms with Crippen molar-refractivity contribution in [1.82, 2.24) is 4.57 Å². The van der Waals surface area contributed by atoms with Crippen molar-refractivity contribution in [3.05, 3.63) is 63.9 Å². The average molecular weight is 550 g/mol. The summed E-state index contributed by atoms with van der Waals surface area (Å²) in [6.07, 6.45) is 0. The van der Waals surface area contributed by atoms with E-state index in [0.29, 0.717) is 56.5 Å². The number of benzene rings is 3. The van der Waals surface area contributed by atoms with Crippen molar-refractivity contribution in [2.24, 2.45) is 0 Å². The molecular formula is C29H27NO10. The zero-order valence-corrected chi connectivity index (χ0v) is 22.5. The van der Waals surface area contributed by atoms with Crippen LogP contribution in [0.25, 0.3) is 22.0 Å². The van der Waals surface area contributed by atoms with Gasteiger partial charge in [0.2, 0.25) is 12.5 Å². The number of pyridine rings is 1. The highest BCUT2D eigenvalue weighted by Crippen LogP contribution is 2.45. The van der Waals surface area contributed by atoms with Crippen LogP contribution in [0.3, 0.4) is 0 Å². The maximum atomic E-state index is 14.0. The lowest BCUT2D eigenvalue weighted by Gasteiger charge is -2.21. The van der Waals surface area contributed by atoms with Gasteiger partial charge in [-0.15, -0.1) is 0 Å². The third-order valence-electron chi connectivity index (χ3n) is 6.71. The highest BCUT2D eigenvalue weighted by molar-refractivity contribution is 6.09. The Morgan fingerprint density at radius 2 is 1.48 bits per heavy atom.